The van der Waals surface area contributed by atoms with Crippen LogP contribution in [0.25, 0.3) is 0 Å². The normalized spacial score (nSPS) is 10.3. The highest BCUT2D eigenvalue weighted by Gasteiger charge is 1.92. The molecule has 0 unspecified atom stereocenters. The molecule has 1 aromatic rings. The van der Waals surface area contributed by atoms with Gasteiger partial charge >= 0.3 is 0 Å². The molecule has 0 bridgehead atoms. The van der Waals surface area contributed by atoms with Gasteiger partial charge in [0, 0.05) is 17.4 Å². The van der Waals surface area contributed by atoms with E-state index in [9.17, 15) is 0 Å². The zero-order chi connectivity index (χ0) is 7.94. The highest BCUT2D eigenvalue weighted by atomic mass is 35.5. The summed E-state index contributed by atoms with van der Waals surface area (Å²) >= 11 is 7.21. The van der Waals surface area contributed by atoms with Crippen molar-refractivity contribution in [3.63, 3.8) is 0 Å². The second kappa shape index (κ2) is 5.58. The van der Waals surface area contributed by atoms with Gasteiger partial charge in [-0.05, 0) is 17.9 Å². The van der Waals surface area contributed by atoms with Crippen molar-refractivity contribution in [2.75, 3.05) is 12.5 Å². The maximum atomic E-state index is 5.48. The van der Waals surface area contributed by atoms with E-state index in [0.29, 0.717) is 5.88 Å². The van der Waals surface area contributed by atoms with E-state index in [2.05, 4.69) is 11.4 Å². The first-order valence-corrected chi connectivity index (χ1v) is 5.01. The van der Waals surface area contributed by atoms with Crippen LogP contribution in [0.3, 0.4) is 0 Å². The van der Waals surface area contributed by atoms with Gasteiger partial charge < -0.3 is 4.74 Å². The number of ether oxygens (including phenoxy) is 1. The molecule has 0 fully saturated rings. The molecule has 1 aromatic heterocycles. The van der Waals surface area contributed by atoms with E-state index in [4.69, 9.17) is 16.3 Å². The Morgan fingerprint density at radius 2 is 2.45 bits per heavy atom. The van der Waals surface area contributed by atoms with Crippen molar-refractivity contribution in [1.82, 2.24) is 0 Å². The molecule has 0 spiro atoms. The van der Waals surface area contributed by atoms with Gasteiger partial charge in [0.2, 0.25) is 0 Å². The van der Waals surface area contributed by atoms with Crippen LogP contribution in [-0.2, 0) is 11.3 Å². The highest BCUT2D eigenvalue weighted by molar-refractivity contribution is 7.09. The zero-order valence-corrected chi connectivity index (χ0v) is 7.83. The fourth-order valence-corrected chi connectivity index (χ4v) is 1.47. The van der Waals surface area contributed by atoms with E-state index in [1.54, 1.807) is 11.3 Å². The lowest BCUT2D eigenvalue weighted by atomic mass is 10.5. The Bertz CT molecular complexity index is 174. The van der Waals surface area contributed by atoms with E-state index in [-0.39, 0.29) is 0 Å². The van der Waals surface area contributed by atoms with Crippen molar-refractivity contribution in [3.05, 3.63) is 22.4 Å². The second-order valence-electron chi connectivity index (χ2n) is 2.17. The van der Waals surface area contributed by atoms with Gasteiger partial charge in [-0.25, -0.2) is 0 Å². The topological polar surface area (TPSA) is 9.23 Å². The van der Waals surface area contributed by atoms with E-state index in [0.717, 1.165) is 19.6 Å². The molecule has 3 heteroatoms. The minimum absolute atomic E-state index is 0.685. The van der Waals surface area contributed by atoms with Crippen LogP contribution in [-0.4, -0.2) is 12.5 Å². The molecular formula is C8H11ClOS. The predicted octanol–water partition coefficient (Wildman–Crippen LogP) is 2.89. The lowest BCUT2D eigenvalue weighted by Crippen LogP contribution is -1.93. The molecule has 1 nitrogen and oxygen atoms in total. The van der Waals surface area contributed by atoms with E-state index < -0.39 is 0 Å². The van der Waals surface area contributed by atoms with Crippen molar-refractivity contribution in [2.24, 2.45) is 0 Å². The van der Waals surface area contributed by atoms with E-state index >= 15 is 0 Å². The van der Waals surface area contributed by atoms with E-state index in [1.807, 2.05) is 6.07 Å². The summed E-state index contributed by atoms with van der Waals surface area (Å²) < 4.78 is 5.34. The van der Waals surface area contributed by atoms with Crippen LogP contribution in [0.2, 0.25) is 0 Å². The quantitative estimate of drug-likeness (QED) is 0.513. The SMILES string of the molecule is ClCCCOCc1cccs1. The molecule has 0 atom stereocenters. The van der Waals surface area contributed by atoms with Gasteiger partial charge in [0.25, 0.3) is 0 Å². The van der Waals surface area contributed by atoms with Crippen LogP contribution in [0, 0.1) is 0 Å². The third-order valence-corrected chi connectivity index (χ3v) is 2.36. The Balaban J connectivity index is 2.04. The van der Waals surface area contributed by atoms with Crippen LogP contribution in [0.15, 0.2) is 17.5 Å². The van der Waals surface area contributed by atoms with Crippen LogP contribution in [0.1, 0.15) is 11.3 Å². The van der Waals surface area contributed by atoms with Crippen molar-refractivity contribution in [1.29, 1.82) is 0 Å². The smallest absolute Gasteiger partial charge is 0.0809 e. The van der Waals surface area contributed by atoms with Crippen molar-refractivity contribution in [3.8, 4) is 0 Å². The van der Waals surface area contributed by atoms with Gasteiger partial charge in [0.1, 0.15) is 0 Å². The Hall–Kier alpha value is -0.0500. The summed E-state index contributed by atoms with van der Waals surface area (Å²) in [5, 5.41) is 2.06. The highest BCUT2D eigenvalue weighted by Crippen LogP contribution is 2.09. The zero-order valence-electron chi connectivity index (χ0n) is 6.25. The molecule has 0 aliphatic heterocycles. The Morgan fingerprint density at radius 1 is 1.55 bits per heavy atom. The van der Waals surface area contributed by atoms with Gasteiger partial charge in [-0.15, -0.1) is 22.9 Å². The first-order chi connectivity index (χ1) is 5.43. The summed E-state index contributed by atoms with van der Waals surface area (Å²) in [7, 11) is 0. The Morgan fingerprint density at radius 3 is 3.09 bits per heavy atom. The molecule has 0 radical (unpaired) electrons. The van der Waals surface area contributed by atoms with Gasteiger partial charge in [-0.2, -0.15) is 0 Å². The molecule has 0 saturated heterocycles. The molecule has 0 N–H and O–H groups in total. The lowest BCUT2D eigenvalue weighted by Gasteiger charge is -1.98. The molecular weight excluding hydrogens is 180 g/mol. The molecule has 1 heterocycles. The summed E-state index contributed by atoms with van der Waals surface area (Å²) in [6, 6.07) is 4.11. The number of hydrogen-bond acceptors (Lipinski definition) is 2. The number of alkyl halides is 1. The third-order valence-electron chi connectivity index (χ3n) is 1.25. The molecule has 0 aliphatic rings. The van der Waals surface area contributed by atoms with Crippen LogP contribution < -0.4 is 0 Å². The maximum Gasteiger partial charge on any atom is 0.0809 e. The molecule has 1 rings (SSSR count). The van der Waals surface area contributed by atoms with Crippen LogP contribution >= 0.6 is 22.9 Å². The molecule has 62 valence electrons. The molecule has 0 saturated carbocycles. The molecule has 0 amide bonds. The standard InChI is InChI=1S/C8H11ClOS/c9-4-2-5-10-7-8-3-1-6-11-8/h1,3,6H,2,4-5,7H2. The molecule has 0 aliphatic carbocycles. The summed E-state index contributed by atoms with van der Waals surface area (Å²) in [6.07, 6.45) is 0.937. The van der Waals surface area contributed by atoms with Gasteiger partial charge in [-0.3, -0.25) is 0 Å². The number of thiophene rings is 1. The van der Waals surface area contributed by atoms with Gasteiger partial charge in [0.05, 0.1) is 6.61 Å². The Kier molecular flexibility index (Phi) is 4.59. The fourth-order valence-electron chi connectivity index (χ4n) is 0.724. The van der Waals surface area contributed by atoms with E-state index in [1.165, 1.54) is 4.88 Å². The minimum atomic E-state index is 0.685. The average molecular weight is 191 g/mol. The average Bonchev–Trinajstić information content (AvgIpc) is 2.50. The third kappa shape index (κ3) is 3.75. The summed E-state index contributed by atoms with van der Waals surface area (Å²) in [5.74, 6) is 0.685. The summed E-state index contributed by atoms with van der Waals surface area (Å²) in [4.78, 5) is 1.28. The van der Waals surface area contributed by atoms with Gasteiger partial charge in [-0.1, -0.05) is 6.07 Å². The maximum absolute atomic E-state index is 5.48. The van der Waals surface area contributed by atoms with Crippen molar-refractivity contribution >= 4 is 22.9 Å². The predicted molar refractivity (Wildman–Crippen MR) is 49.3 cm³/mol. The first-order valence-electron chi connectivity index (χ1n) is 3.59. The first kappa shape index (κ1) is 9.04. The van der Waals surface area contributed by atoms with Crippen LogP contribution in [0.4, 0.5) is 0 Å². The largest absolute Gasteiger partial charge is 0.376 e. The van der Waals surface area contributed by atoms with Crippen LogP contribution in [0.5, 0.6) is 0 Å². The minimum Gasteiger partial charge on any atom is -0.376 e. The Labute approximate surface area is 75.9 Å². The number of hydrogen-bond donors (Lipinski definition) is 0. The number of halogens is 1. The fraction of sp³-hybridized carbons (Fsp3) is 0.500. The second-order valence-corrected chi connectivity index (χ2v) is 3.58. The van der Waals surface area contributed by atoms with Crippen molar-refractivity contribution in [2.45, 2.75) is 13.0 Å². The monoisotopic (exact) mass is 190 g/mol. The summed E-state index contributed by atoms with van der Waals surface area (Å²) in [6.45, 7) is 1.50. The van der Waals surface area contributed by atoms with Crippen molar-refractivity contribution < 1.29 is 4.74 Å². The van der Waals surface area contributed by atoms with Gasteiger partial charge in [0.15, 0.2) is 0 Å². The lowest BCUT2D eigenvalue weighted by molar-refractivity contribution is 0.124. The molecule has 11 heavy (non-hydrogen) atoms. The number of rotatable bonds is 5. The summed E-state index contributed by atoms with van der Waals surface area (Å²) in [5.41, 5.74) is 0. The molecule has 0 aromatic carbocycles.